The number of guanidine groups is 1. The first-order chi connectivity index (χ1) is 8.41. The molecule has 0 amide bonds. The minimum atomic E-state index is -3.07. The average molecular weight is 406 g/mol. The zero-order valence-electron chi connectivity index (χ0n) is 12.2. The summed E-state index contributed by atoms with van der Waals surface area (Å²) >= 11 is 0. The number of halogens is 1. The van der Waals surface area contributed by atoms with E-state index in [2.05, 4.69) is 34.2 Å². The summed E-state index contributed by atoms with van der Waals surface area (Å²) in [4.78, 5) is 4.08. The molecule has 6 nitrogen and oxygen atoms in total. The Labute approximate surface area is 134 Å². The molecule has 0 aromatic heterocycles. The third kappa shape index (κ3) is 12.7. The predicted molar refractivity (Wildman–Crippen MR) is 91.7 cm³/mol. The van der Waals surface area contributed by atoms with Crippen LogP contribution in [0.2, 0.25) is 0 Å². The van der Waals surface area contributed by atoms with Gasteiger partial charge in [0.2, 0.25) is 10.0 Å². The highest BCUT2D eigenvalue weighted by Crippen LogP contribution is 1.87. The minimum absolute atomic E-state index is 0. The van der Waals surface area contributed by atoms with Crippen molar-refractivity contribution in [3.63, 3.8) is 0 Å². The first-order valence-electron chi connectivity index (χ1n) is 6.33. The van der Waals surface area contributed by atoms with Gasteiger partial charge in [-0.2, -0.15) is 0 Å². The van der Waals surface area contributed by atoms with Crippen LogP contribution in [-0.2, 0) is 10.0 Å². The summed E-state index contributed by atoms with van der Waals surface area (Å²) in [6, 6.07) is 0. The molecule has 0 rings (SSSR count). The van der Waals surface area contributed by atoms with Crippen LogP contribution in [0.3, 0.4) is 0 Å². The Morgan fingerprint density at radius 2 is 1.84 bits per heavy atom. The first-order valence-corrected chi connectivity index (χ1v) is 7.98. The second kappa shape index (κ2) is 11.7. The number of hydrogen-bond donors (Lipinski definition) is 3. The molecule has 0 fully saturated rings. The van der Waals surface area contributed by atoms with Crippen molar-refractivity contribution in [2.24, 2.45) is 10.9 Å². The largest absolute Gasteiger partial charge is 0.356 e. The van der Waals surface area contributed by atoms with Crippen molar-refractivity contribution < 1.29 is 8.42 Å². The van der Waals surface area contributed by atoms with Gasteiger partial charge in [0, 0.05) is 26.7 Å². The quantitative estimate of drug-likeness (QED) is 0.241. The molecule has 0 aliphatic heterocycles. The molecule has 116 valence electrons. The van der Waals surface area contributed by atoms with Gasteiger partial charge < -0.3 is 10.6 Å². The van der Waals surface area contributed by atoms with Crippen molar-refractivity contribution >= 4 is 40.0 Å². The highest BCUT2D eigenvalue weighted by atomic mass is 127. The van der Waals surface area contributed by atoms with E-state index in [4.69, 9.17) is 0 Å². The average Bonchev–Trinajstić information content (AvgIpc) is 2.32. The van der Waals surface area contributed by atoms with Crippen molar-refractivity contribution in [3.8, 4) is 0 Å². The minimum Gasteiger partial charge on any atom is -0.356 e. The second-order valence-corrected chi connectivity index (χ2v) is 6.52. The van der Waals surface area contributed by atoms with Crippen LogP contribution in [0.1, 0.15) is 27.2 Å². The van der Waals surface area contributed by atoms with Gasteiger partial charge in [-0.15, -0.1) is 24.0 Å². The van der Waals surface area contributed by atoms with Gasteiger partial charge in [0.1, 0.15) is 0 Å². The van der Waals surface area contributed by atoms with Gasteiger partial charge in [-0.25, -0.2) is 13.1 Å². The predicted octanol–water partition coefficient (Wildman–Crippen LogP) is 0.755. The van der Waals surface area contributed by atoms with Crippen LogP contribution < -0.4 is 15.4 Å². The number of sulfonamides is 1. The summed E-state index contributed by atoms with van der Waals surface area (Å²) in [6.45, 7) is 7.87. The third-order valence-electron chi connectivity index (χ3n) is 2.25. The normalized spacial score (nSPS) is 12.2. The maximum Gasteiger partial charge on any atom is 0.211 e. The van der Waals surface area contributed by atoms with Gasteiger partial charge in [0.05, 0.1) is 5.75 Å². The van der Waals surface area contributed by atoms with Crippen LogP contribution in [0.4, 0.5) is 0 Å². The molecule has 0 spiro atoms. The molecule has 0 aliphatic carbocycles. The maximum atomic E-state index is 11.2. The molecule has 0 heterocycles. The van der Waals surface area contributed by atoms with Gasteiger partial charge in [0.25, 0.3) is 0 Å². The molecule has 8 heteroatoms. The molecule has 19 heavy (non-hydrogen) atoms. The molecule has 0 aliphatic rings. The summed E-state index contributed by atoms with van der Waals surface area (Å²) < 4.78 is 24.8. The highest BCUT2D eigenvalue weighted by molar-refractivity contribution is 14.0. The van der Waals surface area contributed by atoms with E-state index < -0.39 is 10.0 Å². The van der Waals surface area contributed by atoms with Gasteiger partial charge in [-0.1, -0.05) is 13.8 Å². The number of rotatable bonds is 8. The van der Waals surface area contributed by atoms with Crippen molar-refractivity contribution in [1.82, 2.24) is 15.4 Å². The van der Waals surface area contributed by atoms with Crippen molar-refractivity contribution in [1.29, 1.82) is 0 Å². The molecule has 3 N–H and O–H groups in total. The van der Waals surface area contributed by atoms with E-state index in [1.807, 2.05) is 0 Å². The van der Waals surface area contributed by atoms with Crippen molar-refractivity contribution in [3.05, 3.63) is 0 Å². The number of nitrogens with zero attached hydrogens (tertiary/aromatic N) is 1. The van der Waals surface area contributed by atoms with Crippen LogP contribution in [-0.4, -0.2) is 46.8 Å². The van der Waals surface area contributed by atoms with E-state index in [0.717, 1.165) is 18.9 Å². The van der Waals surface area contributed by atoms with Gasteiger partial charge >= 0.3 is 0 Å². The Morgan fingerprint density at radius 3 is 2.32 bits per heavy atom. The summed E-state index contributed by atoms with van der Waals surface area (Å²) in [5.74, 6) is 1.43. The molecule has 0 saturated carbocycles. The third-order valence-corrected chi connectivity index (χ3v) is 3.65. The van der Waals surface area contributed by atoms with Crippen LogP contribution in [0, 0.1) is 5.92 Å². The van der Waals surface area contributed by atoms with E-state index in [1.54, 1.807) is 14.0 Å². The number of aliphatic imine (C=N–C) groups is 1. The van der Waals surface area contributed by atoms with Crippen LogP contribution in [0.25, 0.3) is 0 Å². The first kappa shape index (κ1) is 21.2. The topological polar surface area (TPSA) is 82.6 Å². The summed E-state index contributed by atoms with van der Waals surface area (Å²) in [7, 11) is -1.35. The molecule has 0 bridgehead atoms. The molecule has 0 saturated heterocycles. The zero-order valence-corrected chi connectivity index (χ0v) is 15.3. The maximum absolute atomic E-state index is 11.2. The Bertz CT molecular complexity index is 345. The fourth-order valence-corrected chi connectivity index (χ4v) is 1.81. The molecule has 0 unspecified atom stereocenters. The molecule has 0 aromatic carbocycles. The highest BCUT2D eigenvalue weighted by Gasteiger charge is 2.04. The van der Waals surface area contributed by atoms with Crippen molar-refractivity contribution in [2.45, 2.75) is 27.2 Å². The summed E-state index contributed by atoms with van der Waals surface area (Å²) in [5, 5.41) is 6.32. The molecule has 0 aromatic rings. The lowest BCUT2D eigenvalue weighted by Gasteiger charge is -2.13. The van der Waals surface area contributed by atoms with Crippen molar-refractivity contribution in [2.75, 3.05) is 32.4 Å². The molecular weight excluding hydrogens is 379 g/mol. The lowest BCUT2D eigenvalue weighted by molar-refractivity contribution is 0.578. The van der Waals surface area contributed by atoms with Crippen LogP contribution in [0.15, 0.2) is 4.99 Å². The number of hydrogen-bond acceptors (Lipinski definition) is 3. The Kier molecular flexibility index (Phi) is 13.1. The molecule has 0 radical (unpaired) electrons. The second-order valence-electron chi connectivity index (χ2n) is 4.43. The summed E-state index contributed by atoms with van der Waals surface area (Å²) in [6.07, 6.45) is 0.724. The Hall–Kier alpha value is -0.0900. The standard InChI is InChI=1S/C11H26N4O2S.HI/c1-5-18(16,17)15-8-6-7-13-11(12-4)14-9-10(2)3;/h10,15H,5-9H2,1-4H3,(H2,12,13,14);1H. The fourth-order valence-electron chi connectivity index (χ4n) is 1.15. The van der Waals surface area contributed by atoms with Gasteiger partial charge in [-0.05, 0) is 19.3 Å². The summed E-state index contributed by atoms with van der Waals surface area (Å²) in [5.41, 5.74) is 0. The van der Waals surface area contributed by atoms with E-state index in [-0.39, 0.29) is 29.7 Å². The van der Waals surface area contributed by atoms with Crippen LogP contribution in [0.5, 0.6) is 0 Å². The number of nitrogens with one attached hydrogen (secondary N) is 3. The Balaban J connectivity index is 0. The van der Waals surface area contributed by atoms with Crippen LogP contribution >= 0.6 is 24.0 Å². The fraction of sp³-hybridized carbons (Fsp3) is 0.909. The van der Waals surface area contributed by atoms with E-state index in [9.17, 15) is 8.42 Å². The van der Waals surface area contributed by atoms with Gasteiger partial charge in [0.15, 0.2) is 5.96 Å². The lowest BCUT2D eigenvalue weighted by Crippen LogP contribution is -2.40. The van der Waals surface area contributed by atoms with E-state index >= 15 is 0 Å². The lowest BCUT2D eigenvalue weighted by atomic mass is 10.2. The van der Waals surface area contributed by atoms with E-state index in [1.165, 1.54) is 0 Å². The molecular formula is C11H27IN4O2S. The zero-order chi connectivity index (χ0) is 14.0. The van der Waals surface area contributed by atoms with E-state index in [0.29, 0.717) is 19.0 Å². The molecule has 0 atom stereocenters. The SMILES string of the molecule is CCS(=O)(=O)NCCCNC(=NC)NCC(C)C.I. The Morgan fingerprint density at radius 1 is 1.21 bits per heavy atom. The van der Waals surface area contributed by atoms with Gasteiger partial charge in [-0.3, -0.25) is 4.99 Å². The monoisotopic (exact) mass is 406 g/mol. The smallest absolute Gasteiger partial charge is 0.211 e.